The summed E-state index contributed by atoms with van der Waals surface area (Å²) in [5.74, 6) is 0.0289. The molecule has 1 aromatic rings. The van der Waals surface area contributed by atoms with Gasteiger partial charge in [0, 0.05) is 20.7 Å². The van der Waals surface area contributed by atoms with Crippen LogP contribution in [0.3, 0.4) is 0 Å². The van der Waals surface area contributed by atoms with Crippen LogP contribution in [0.15, 0.2) is 24.3 Å². The maximum Gasteiger partial charge on any atom is 0.118 e. The summed E-state index contributed by atoms with van der Waals surface area (Å²) in [6.07, 6.45) is 3.74. The molecule has 1 atom stereocenters. The number of hydrogen-bond donors (Lipinski definition) is 1. The molecular formula is C17H28ClNO2. The van der Waals surface area contributed by atoms with Crippen LogP contribution in [0, 0.1) is 0 Å². The molecule has 1 aliphatic carbocycles. The minimum atomic E-state index is -2.78. The number of ether oxygens (including phenoxy) is 1. The third-order valence-corrected chi connectivity index (χ3v) is 4.25. The zero-order chi connectivity index (χ0) is 19.6. The van der Waals surface area contributed by atoms with Crippen molar-refractivity contribution in [2.24, 2.45) is 0 Å². The van der Waals surface area contributed by atoms with Crippen LogP contribution < -0.4 is 4.74 Å². The smallest absolute Gasteiger partial charge is 0.118 e. The van der Waals surface area contributed by atoms with Gasteiger partial charge < -0.3 is 14.7 Å². The van der Waals surface area contributed by atoms with Gasteiger partial charge in [0.15, 0.2) is 0 Å². The molecule has 0 heterocycles. The molecule has 0 radical (unpaired) electrons. The molecule has 120 valence electrons. The predicted octanol–water partition coefficient (Wildman–Crippen LogP) is 3.46. The molecule has 1 aliphatic rings. The van der Waals surface area contributed by atoms with Crippen molar-refractivity contribution in [3.05, 3.63) is 29.8 Å². The number of hydrogen-bond acceptors (Lipinski definition) is 3. The van der Waals surface area contributed by atoms with Gasteiger partial charge in [-0.15, -0.1) is 12.4 Å². The lowest BCUT2D eigenvalue weighted by Gasteiger charge is -2.40. The van der Waals surface area contributed by atoms with Gasteiger partial charge in [-0.1, -0.05) is 31.4 Å². The molecule has 21 heavy (non-hydrogen) atoms. The van der Waals surface area contributed by atoms with E-state index in [4.69, 9.17) is 13.0 Å². The van der Waals surface area contributed by atoms with E-state index in [1.165, 1.54) is 0 Å². The molecule has 1 N–H and O–H groups in total. The summed E-state index contributed by atoms with van der Waals surface area (Å²) >= 11 is 0. The highest BCUT2D eigenvalue weighted by Crippen LogP contribution is 2.40. The first-order valence-electron chi connectivity index (χ1n) is 10.1. The molecule has 2 rings (SSSR count). The van der Waals surface area contributed by atoms with E-state index in [-0.39, 0.29) is 19.0 Å². The topological polar surface area (TPSA) is 32.7 Å². The summed E-state index contributed by atoms with van der Waals surface area (Å²) in [7, 11) is 1.55. The fraction of sp³-hybridized carbons (Fsp3) is 0.647. The van der Waals surface area contributed by atoms with E-state index in [0.29, 0.717) is 29.1 Å². The lowest BCUT2D eigenvalue weighted by molar-refractivity contribution is -0.0277. The van der Waals surface area contributed by atoms with Crippen LogP contribution in [0.4, 0.5) is 0 Å². The van der Waals surface area contributed by atoms with Crippen LogP contribution in [0.2, 0.25) is 0 Å². The first kappa shape index (κ1) is 10.9. The average molecular weight is 320 g/mol. The molecule has 4 heteroatoms. The van der Waals surface area contributed by atoms with Gasteiger partial charge in [-0.25, -0.2) is 0 Å². The summed E-state index contributed by atoms with van der Waals surface area (Å²) in [4.78, 5) is 0.543. The Morgan fingerprint density at radius 2 is 1.86 bits per heavy atom. The van der Waals surface area contributed by atoms with E-state index in [9.17, 15) is 5.11 Å². The maximum absolute atomic E-state index is 11.3. The second-order valence-electron chi connectivity index (χ2n) is 5.60. The SMILES string of the molecule is Cl.[2H]C([2H])([2H])N(CC(c1ccc(OC)cc1)C1(O)CCCCC1)C([2H])([2H])[2H]. The van der Waals surface area contributed by atoms with E-state index >= 15 is 0 Å². The number of benzene rings is 1. The van der Waals surface area contributed by atoms with Crippen molar-refractivity contribution in [3.8, 4) is 5.75 Å². The van der Waals surface area contributed by atoms with Gasteiger partial charge in [0.1, 0.15) is 5.75 Å². The first-order chi connectivity index (χ1) is 12.0. The van der Waals surface area contributed by atoms with Crippen LogP contribution in [0.1, 0.15) is 51.8 Å². The fourth-order valence-corrected chi connectivity index (χ4v) is 3.12. The summed E-state index contributed by atoms with van der Waals surface area (Å²) in [6.45, 7) is -5.82. The van der Waals surface area contributed by atoms with Crippen molar-refractivity contribution in [1.29, 1.82) is 0 Å². The van der Waals surface area contributed by atoms with Crippen molar-refractivity contribution < 1.29 is 18.1 Å². The lowest BCUT2D eigenvalue weighted by Crippen LogP contribution is -2.42. The zero-order valence-corrected chi connectivity index (χ0v) is 13.2. The highest BCUT2D eigenvalue weighted by atomic mass is 35.5. The lowest BCUT2D eigenvalue weighted by atomic mass is 9.72. The molecule has 1 unspecified atom stereocenters. The van der Waals surface area contributed by atoms with Crippen LogP contribution >= 0.6 is 12.4 Å². The Labute approximate surface area is 143 Å². The molecule has 3 nitrogen and oxygen atoms in total. The van der Waals surface area contributed by atoms with E-state index in [1.54, 1.807) is 31.4 Å². The Kier molecular flexibility index (Phi) is 4.15. The molecule has 0 aliphatic heterocycles. The Hall–Kier alpha value is -0.770. The van der Waals surface area contributed by atoms with E-state index < -0.39 is 25.5 Å². The van der Waals surface area contributed by atoms with Crippen LogP contribution in [0.25, 0.3) is 0 Å². The molecule has 1 aromatic carbocycles. The molecule has 1 fully saturated rings. The predicted molar refractivity (Wildman–Crippen MR) is 89.6 cm³/mol. The van der Waals surface area contributed by atoms with E-state index in [2.05, 4.69) is 0 Å². The molecule has 0 saturated heterocycles. The molecule has 0 bridgehead atoms. The second-order valence-corrected chi connectivity index (χ2v) is 5.60. The van der Waals surface area contributed by atoms with Crippen molar-refractivity contribution >= 4 is 12.4 Å². The van der Waals surface area contributed by atoms with E-state index in [0.717, 1.165) is 19.3 Å². The summed E-state index contributed by atoms with van der Waals surface area (Å²) in [5, 5.41) is 11.3. The van der Waals surface area contributed by atoms with Crippen molar-refractivity contribution in [2.45, 2.75) is 43.6 Å². The maximum atomic E-state index is 11.3. The highest BCUT2D eigenvalue weighted by molar-refractivity contribution is 5.85. The minimum Gasteiger partial charge on any atom is -0.497 e. The third kappa shape index (κ3) is 4.60. The van der Waals surface area contributed by atoms with Gasteiger partial charge >= 0.3 is 0 Å². The summed E-state index contributed by atoms with van der Waals surface area (Å²) in [5.41, 5.74) is -0.407. The number of methoxy groups -OCH3 is 1. The van der Waals surface area contributed by atoms with Gasteiger partial charge in [-0.05, 0) is 44.5 Å². The van der Waals surface area contributed by atoms with Crippen molar-refractivity contribution in [3.63, 3.8) is 0 Å². The minimum absolute atomic E-state index is 0. The van der Waals surface area contributed by atoms with Crippen molar-refractivity contribution in [1.82, 2.24) is 4.90 Å². The molecule has 0 aromatic heterocycles. The number of rotatable bonds is 5. The highest BCUT2D eigenvalue weighted by Gasteiger charge is 2.38. The second kappa shape index (κ2) is 8.02. The number of halogens is 1. The number of nitrogens with zero attached hydrogens (tertiary/aromatic N) is 1. The normalized spacial score (nSPS) is 24.3. The summed E-state index contributed by atoms with van der Waals surface area (Å²) < 4.78 is 51.0. The number of likely N-dealkylation sites (N-methyl/N-ethyl adjacent to an activating group) is 1. The Morgan fingerprint density at radius 3 is 2.38 bits per heavy atom. The summed E-state index contributed by atoms with van der Waals surface area (Å²) in [6, 6.07) is 7.02. The monoisotopic (exact) mass is 319 g/mol. The Balaban J connectivity index is 0.00000364. The molecule has 0 amide bonds. The first-order valence-corrected chi connectivity index (χ1v) is 7.11. The Morgan fingerprint density at radius 1 is 1.24 bits per heavy atom. The third-order valence-electron chi connectivity index (χ3n) is 4.25. The van der Waals surface area contributed by atoms with Crippen LogP contribution in [0.5, 0.6) is 5.75 Å². The molecule has 1 saturated carbocycles. The van der Waals surface area contributed by atoms with Crippen LogP contribution in [-0.2, 0) is 0 Å². The largest absolute Gasteiger partial charge is 0.497 e. The van der Waals surface area contributed by atoms with Crippen LogP contribution in [-0.4, -0.2) is 43.2 Å². The number of aliphatic hydroxyl groups is 1. The van der Waals surface area contributed by atoms with Gasteiger partial charge in [0.25, 0.3) is 0 Å². The van der Waals surface area contributed by atoms with Gasteiger partial charge in [0.2, 0.25) is 0 Å². The fourth-order valence-electron chi connectivity index (χ4n) is 3.12. The quantitative estimate of drug-likeness (QED) is 0.902. The zero-order valence-electron chi connectivity index (χ0n) is 18.3. The molecular weight excluding hydrogens is 286 g/mol. The van der Waals surface area contributed by atoms with Gasteiger partial charge in [-0.2, -0.15) is 0 Å². The molecule has 0 spiro atoms. The van der Waals surface area contributed by atoms with E-state index in [1.807, 2.05) is 0 Å². The Bertz CT molecular complexity index is 571. The van der Waals surface area contributed by atoms with Gasteiger partial charge in [-0.3, -0.25) is 0 Å². The van der Waals surface area contributed by atoms with Gasteiger partial charge in [0.05, 0.1) is 12.7 Å². The standard InChI is InChI=1S/C17H27NO2.ClH/c1-18(2)13-16(17(19)11-5-4-6-12-17)14-7-9-15(20-3)10-8-14;/h7-10,16,19H,4-6,11-13H2,1-3H3;1H/i1D3,2D3;. The van der Waals surface area contributed by atoms with Crippen molar-refractivity contribution in [2.75, 3.05) is 27.6 Å². The average Bonchev–Trinajstić information content (AvgIpc) is 2.53.